The third-order valence-electron chi connectivity index (χ3n) is 10.3. The summed E-state index contributed by atoms with van der Waals surface area (Å²) < 4.78 is 5.61. The minimum atomic E-state index is -1.32. The molecule has 5 rings (SSSR count). The molecule has 4 bridgehead atoms. The summed E-state index contributed by atoms with van der Waals surface area (Å²) in [5.74, 6) is -1.07. The number of carbonyl (C=O) groups excluding carboxylic acids is 2. The van der Waals surface area contributed by atoms with Gasteiger partial charge in [-0.25, -0.2) is 4.79 Å². The van der Waals surface area contributed by atoms with Crippen LogP contribution in [0.2, 0.25) is 5.02 Å². The molecule has 0 saturated heterocycles. The van der Waals surface area contributed by atoms with E-state index in [9.17, 15) is 29.6 Å². The molecule has 7 atom stereocenters. The van der Waals surface area contributed by atoms with Gasteiger partial charge in [0.05, 0.1) is 27.5 Å². The van der Waals surface area contributed by atoms with E-state index in [1.165, 1.54) is 12.1 Å². The maximum Gasteiger partial charge on any atom is 0.339 e. The topological polar surface area (TPSA) is 124 Å². The van der Waals surface area contributed by atoms with Crippen LogP contribution in [0.15, 0.2) is 29.8 Å². The van der Waals surface area contributed by atoms with E-state index in [-0.39, 0.29) is 46.6 Å². The number of allylic oxidation sites excluding steroid dienone is 1. The monoisotopic (exact) mass is 529 g/mol. The van der Waals surface area contributed by atoms with Crippen molar-refractivity contribution in [2.24, 2.45) is 45.8 Å². The van der Waals surface area contributed by atoms with Gasteiger partial charge in [-0.2, -0.15) is 0 Å². The first-order valence-corrected chi connectivity index (χ1v) is 13.4. The van der Waals surface area contributed by atoms with Crippen molar-refractivity contribution in [3.63, 3.8) is 0 Å². The molecule has 0 amide bonds. The quantitative estimate of drug-likeness (QED) is 0.150. The number of hydrogen-bond donors (Lipinski definition) is 1. The van der Waals surface area contributed by atoms with E-state index in [1.54, 1.807) is 0 Å². The van der Waals surface area contributed by atoms with Gasteiger partial charge in [0, 0.05) is 17.5 Å². The average Bonchev–Trinajstić information content (AvgIpc) is 3.41. The number of nitro groups is 1. The Morgan fingerprint density at radius 1 is 1.30 bits per heavy atom. The molecule has 198 valence electrons. The van der Waals surface area contributed by atoms with Crippen LogP contribution in [0.5, 0.6) is 0 Å². The largest absolute Gasteiger partial charge is 0.481 e. The Morgan fingerprint density at radius 2 is 2.03 bits per heavy atom. The maximum absolute atomic E-state index is 13.4. The Morgan fingerprint density at radius 3 is 2.62 bits per heavy atom. The summed E-state index contributed by atoms with van der Waals surface area (Å²) in [5.41, 5.74) is -2.38. The number of rotatable bonds is 8. The Bertz CT molecular complexity index is 1230. The van der Waals surface area contributed by atoms with Gasteiger partial charge >= 0.3 is 11.9 Å². The van der Waals surface area contributed by atoms with Crippen molar-refractivity contribution in [3.8, 4) is 0 Å². The number of benzene rings is 1. The van der Waals surface area contributed by atoms with E-state index >= 15 is 0 Å². The van der Waals surface area contributed by atoms with Crippen molar-refractivity contribution in [3.05, 3.63) is 50.5 Å². The molecule has 1 N–H and O–H groups in total. The van der Waals surface area contributed by atoms with Crippen molar-refractivity contribution in [1.29, 1.82) is 0 Å². The second kappa shape index (κ2) is 8.65. The number of fused-ring (bicyclic) bond motifs is 2. The van der Waals surface area contributed by atoms with Crippen LogP contribution in [0.3, 0.4) is 0 Å². The predicted molar refractivity (Wildman–Crippen MR) is 135 cm³/mol. The molecule has 4 aliphatic carbocycles. The summed E-state index contributed by atoms with van der Waals surface area (Å²) in [6, 6.07) is 3.56. The van der Waals surface area contributed by atoms with Crippen LogP contribution in [0.25, 0.3) is 0 Å². The number of esters is 1. The van der Waals surface area contributed by atoms with Crippen LogP contribution in [0.4, 0.5) is 5.69 Å². The molecule has 3 saturated carbocycles. The predicted octanol–water partition coefficient (Wildman–Crippen LogP) is 5.72. The SMILES string of the molecule is CC(C)C1=CC2CC3(C=O)C4CC[C@@H](C)C4CC2(CCOC(=O)c2ccc([N+](=O)[O-])cc2Cl)C13C(=O)O. The van der Waals surface area contributed by atoms with Crippen LogP contribution in [0, 0.1) is 55.9 Å². The van der Waals surface area contributed by atoms with E-state index in [1.807, 2.05) is 13.8 Å². The number of carboxylic acid groups (broad SMARTS) is 1. The molecule has 6 unspecified atom stereocenters. The second-order valence-corrected chi connectivity index (χ2v) is 12.2. The molecule has 0 radical (unpaired) electrons. The van der Waals surface area contributed by atoms with Gasteiger partial charge in [0.2, 0.25) is 0 Å². The zero-order valence-electron chi connectivity index (χ0n) is 21.2. The molecule has 0 aliphatic heterocycles. The van der Waals surface area contributed by atoms with Crippen molar-refractivity contribution >= 4 is 35.5 Å². The van der Waals surface area contributed by atoms with Gasteiger partial charge < -0.3 is 14.6 Å². The fourth-order valence-corrected chi connectivity index (χ4v) is 9.27. The highest BCUT2D eigenvalue weighted by molar-refractivity contribution is 6.33. The smallest absolute Gasteiger partial charge is 0.339 e. The number of carboxylic acids is 1. The molecular formula is C28H32ClNO7. The zero-order valence-corrected chi connectivity index (χ0v) is 22.0. The van der Waals surface area contributed by atoms with Gasteiger partial charge in [-0.3, -0.25) is 14.9 Å². The molecule has 9 heteroatoms. The number of halogens is 1. The summed E-state index contributed by atoms with van der Waals surface area (Å²) in [5, 5.41) is 21.9. The number of aliphatic carboxylic acids is 1. The minimum absolute atomic E-state index is 0.0171. The van der Waals surface area contributed by atoms with Gasteiger partial charge in [0.15, 0.2) is 0 Å². The highest BCUT2D eigenvalue weighted by atomic mass is 35.5. The summed E-state index contributed by atoms with van der Waals surface area (Å²) in [4.78, 5) is 49.7. The lowest BCUT2D eigenvalue weighted by Gasteiger charge is -2.58. The lowest BCUT2D eigenvalue weighted by molar-refractivity contribution is -0.384. The molecule has 1 aromatic carbocycles. The summed E-state index contributed by atoms with van der Waals surface area (Å²) in [6.07, 6.45) is 6.46. The fourth-order valence-electron chi connectivity index (χ4n) is 9.02. The van der Waals surface area contributed by atoms with Crippen molar-refractivity contribution < 1.29 is 29.2 Å². The number of ether oxygens (including phenoxy) is 1. The first-order valence-electron chi connectivity index (χ1n) is 13.0. The van der Waals surface area contributed by atoms with Crippen LogP contribution in [0.1, 0.15) is 63.2 Å². The molecule has 0 aromatic heterocycles. The van der Waals surface area contributed by atoms with Crippen LogP contribution < -0.4 is 0 Å². The van der Waals surface area contributed by atoms with Crippen molar-refractivity contribution in [2.45, 2.75) is 52.9 Å². The zero-order chi connectivity index (χ0) is 26.9. The van der Waals surface area contributed by atoms with Gasteiger partial charge in [-0.15, -0.1) is 0 Å². The van der Waals surface area contributed by atoms with Gasteiger partial charge in [0.1, 0.15) is 11.7 Å². The first kappa shape index (κ1) is 25.9. The summed E-state index contributed by atoms with van der Waals surface area (Å²) in [7, 11) is 0. The Labute approximate surface area is 220 Å². The van der Waals surface area contributed by atoms with E-state index in [4.69, 9.17) is 16.3 Å². The molecule has 0 spiro atoms. The minimum Gasteiger partial charge on any atom is -0.481 e. The number of carbonyl (C=O) groups is 3. The van der Waals surface area contributed by atoms with Crippen LogP contribution in [-0.2, 0) is 14.3 Å². The standard InChI is InChI=1S/C28H32ClNO7/c1-15(2)22-10-17-12-27(14-31)21-7-4-16(3)20(21)13-26(17,28(22,27)25(33)34)8-9-37-24(32)19-6-5-18(30(35)36)11-23(19)29/h5-6,10-11,14-17,20-21H,4,7-9,12-13H2,1-3H3,(H,33,34)/t16-,17?,20?,21?,26?,27?,28?/m1/s1. The summed E-state index contributed by atoms with van der Waals surface area (Å²) >= 11 is 6.12. The third-order valence-corrected chi connectivity index (χ3v) is 10.6. The van der Waals surface area contributed by atoms with E-state index in [2.05, 4.69) is 13.0 Å². The second-order valence-electron chi connectivity index (χ2n) is 11.8. The van der Waals surface area contributed by atoms with Gasteiger partial charge in [0.25, 0.3) is 5.69 Å². The Hall–Kier alpha value is -2.74. The number of non-ortho nitro benzene ring substituents is 1. The van der Waals surface area contributed by atoms with E-state index in [0.29, 0.717) is 25.2 Å². The highest BCUT2D eigenvalue weighted by Gasteiger charge is 2.83. The molecule has 8 nitrogen and oxygen atoms in total. The Balaban J connectivity index is 1.49. The first-order chi connectivity index (χ1) is 17.5. The van der Waals surface area contributed by atoms with E-state index in [0.717, 1.165) is 30.8 Å². The average molecular weight is 530 g/mol. The number of nitrogens with zero attached hydrogens (tertiary/aromatic N) is 1. The third kappa shape index (κ3) is 3.17. The van der Waals surface area contributed by atoms with Gasteiger partial charge in [-0.05, 0) is 61.3 Å². The van der Waals surface area contributed by atoms with Gasteiger partial charge in [-0.1, -0.05) is 50.4 Å². The lowest BCUT2D eigenvalue weighted by atomic mass is 9.42. The maximum atomic E-state index is 13.4. The molecule has 0 heterocycles. The number of aldehydes is 1. The molecule has 4 aliphatic rings. The van der Waals surface area contributed by atoms with Crippen molar-refractivity contribution in [2.75, 3.05) is 6.61 Å². The molecule has 1 aromatic rings. The van der Waals surface area contributed by atoms with Crippen LogP contribution >= 0.6 is 11.6 Å². The molecular weight excluding hydrogens is 498 g/mol. The van der Waals surface area contributed by atoms with Crippen LogP contribution in [-0.4, -0.2) is 34.9 Å². The highest BCUT2D eigenvalue weighted by Crippen LogP contribution is 2.83. The van der Waals surface area contributed by atoms with E-state index < -0.39 is 33.1 Å². The summed E-state index contributed by atoms with van der Waals surface area (Å²) in [6.45, 7) is 6.15. The number of nitro benzene ring substituents is 1. The number of hydrogen-bond acceptors (Lipinski definition) is 6. The Kier molecular flexibility index (Phi) is 6.05. The molecule has 3 fully saturated rings. The fraction of sp³-hybridized carbons (Fsp3) is 0.607. The lowest BCUT2D eigenvalue weighted by Crippen LogP contribution is -2.62. The normalized spacial score (nSPS) is 37.3. The molecule has 37 heavy (non-hydrogen) atoms. The van der Waals surface area contributed by atoms with Crippen molar-refractivity contribution in [1.82, 2.24) is 0 Å².